The Hall–Kier alpha value is -1.42. The van der Waals surface area contributed by atoms with Crippen LogP contribution in [-0.4, -0.2) is 30.9 Å². The molecule has 0 unspecified atom stereocenters. The van der Waals surface area contributed by atoms with Crippen molar-refractivity contribution in [2.45, 2.75) is 6.92 Å². The summed E-state index contributed by atoms with van der Waals surface area (Å²) in [5, 5.41) is 0. The van der Waals surface area contributed by atoms with Crippen molar-refractivity contribution in [1.82, 2.24) is 4.90 Å². The quantitative estimate of drug-likeness (QED) is 0.813. The molecule has 0 heterocycles. The van der Waals surface area contributed by atoms with E-state index in [0.717, 1.165) is 0 Å². The van der Waals surface area contributed by atoms with Crippen LogP contribution in [0.3, 0.4) is 0 Å². The fourth-order valence-corrected chi connectivity index (χ4v) is 1.24. The van der Waals surface area contributed by atoms with Crippen molar-refractivity contribution >= 4 is 5.91 Å². The highest BCUT2D eigenvalue weighted by Gasteiger charge is 2.11. The van der Waals surface area contributed by atoms with E-state index < -0.39 is 0 Å². The van der Waals surface area contributed by atoms with Gasteiger partial charge in [-0.2, -0.15) is 0 Å². The maximum Gasteiger partial charge on any atom is 0.253 e. The number of likely N-dealkylation sites (N-methyl/N-ethyl adjacent to an activating group) is 1. The third-order valence-electron chi connectivity index (χ3n) is 2.23. The lowest BCUT2D eigenvalue weighted by Gasteiger charge is -2.16. The van der Waals surface area contributed by atoms with Crippen LogP contribution in [0.15, 0.2) is 18.2 Å². The molecule has 0 aliphatic carbocycles. The molecule has 15 heavy (non-hydrogen) atoms. The summed E-state index contributed by atoms with van der Waals surface area (Å²) in [7, 11) is 1.65. The highest BCUT2D eigenvalue weighted by Crippen LogP contribution is 2.10. The summed E-state index contributed by atoms with van der Waals surface area (Å²) in [6.45, 7) is 2.53. The second-order valence-electron chi connectivity index (χ2n) is 3.48. The standard InChI is InChI=1S/C11H15FN2O/c1-8-3-4-9(7-10(8)12)11(15)14(2)6-5-13/h3-4,7H,5-6,13H2,1-2H3. The monoisotopic (exact) mass is 210 g/mol. The molecule has 0 aromatic heterocycles. The number of amides is 1. The summed E-state index contributed by atoms with van der Waals surface area (Å²) in [5.74, 6) is -0.568. The summed E-state index contributed by atoms with van der Waals surface area (Å²) in [6.07, 6.45) is 0. The van der Waals surface area contributed by atoms with Gasteiger partial charge in [-0.25, -0.2) is 4.39 Å². The van der Waals surface area contributed by atoms with E-state index in [1.165, 1.54) is 11.0 Å². The molecule has 0 saturated heterocycles. The average molecular weight is 210 g/mol. The van der Waals surface area contributed by atoms with Gasteiger partial charge in [0.25, 0.3) is 5.91 Å². The first kappa shape index (κ1) is 11.7. The zero-order valence-corrected chi connectivity index (χ0v) is 8.96. The number of carbonyl (C=O) groups is 1. The average Bonchev–Trinajstić information content (AvgIpc) is 2.21. The van der Waals surface area contributed by atoms with Gasteiger partial charge in [0.1, 0.15) is 5.82 Å². The molecular formula is C11H15FN2O. The van der Waals surface area contributed by atoms with Crippen molar-refractivity contribution in [3.8, 4) is 0 Å². The highest BCUT2D eigenvalue weighted by molar-refractivity contribution is 5.94. The lowest BCUT2D eigenvalue weighted by Crippen LogP contribution is -2.31. The van der Waals surface area contributed by atoms with Crippen LogP contribution in [0.4, 0.5) is 4.39 Å². The molecule has 0 spiro atoms. The Morgan fingerprint density at radius 3 is 2.73 bits per heavy atom. The molecule has 82 valence electrons. The van der Waals surface area contributed by atoms with Gasteiger partial charge < -0.3 is 10.6 Å². The number of halogens is 1. The topological polar surface area (TPSA) is 46.3 Å². The van der Waals surface area contributed by atoms with Crippen LogP contribution >= 0.6 is 0 Å². The number of aryl methyl sites for hydroxylation is 1. The Balaban J connectivity index is 2.87. The molecule has 0 bridgehead atoms. The van der Waals surface area contributed by atoms with Crippen molar-refractivity contribution in [1.29, 1.82) is 0 Å². The molecule has 0 radical (unpaired) electrons. The molecule has 3 nitrogen and oxygen atoms in total. The molecule has 2 N–H and O–H groups in total. The van der Waals surface area contributed by atoms with E-state index in [0.29, 0.717) is 24.2 Å². The minimum absolute atomic E-state index is 0.209. The second kappa shape index (κ2) is 4.89. The molecule has 0 aliphatic rings. The Bertz CT molecular complexity index is 366. The highest BCUT2D eigenvalue weighted by atomic mass is 19.1. The van der Waals surface area contributed by atoms with Crippen LogP contribution in [0, 0.1) is 12.7 Å². The van der Waals surface area contributed by atoms with Crippen molar-refractivity contribution in [2.75, 3.05) is 20.1 Å². The second-order valence-corrected chi connectivity index (χ2v) is 3.48. The van der Waals surface area contributed by atoms with Crippen LogP contribution in [0.5, 0.6) is 0 Å². The van der Waals surface area contributed by atoms with E-state index in [-0.39, 0.29) is 11.7 Å². The summed E-state index contributed by atoms with van der Waals surface area (Å²) in [5.41, 5.74) is 6.22. The van der Waals surface area contributed by atoms with Crippen LogP contribution in [0.25, 0.3) is 0 Å². The number of nitrogens with zero attached hydrogens (tertiary/aromatic N) is 1. The molecule has 0 fully saturated rings. The molecule has 1 aromatic rings. The lowest BCUT2D eigenvalue weighted by molar-refractivity contribution is 0.0798. The summed E-state index contributed by atoms with van der Waals surface area (Å²) in [4.78, 5) is 13.2. The number of nitrogens with two attached hydrogens (primary N) is 1. The van der Waals surface area contributed by atoms with Gasteiger partial charge in [0, 0.05) is 25.7 Å². The maximum absolute atomic E-state index is 13.2. The zero-order chi connectivity index (χ0) is 11.4. The van der Waals surface area contributed by atoms with Crippen LogP contribution < -0.4 is 5.73 Å². The number of benzene rings is 1. The van der Waals surface area contributed by atoms with Gasteiger partial charge in [0.2, 0.25) is 0 Å². The van der Waals surface area contributed by atoms with E-state index in [1.807, 2.05) is 0 Å². The number of hydrogen-bond acceptors (Lipinski definition) is 2. The molecule has 4 heteroatoms. The van der Waals surface area contributed by atoms with Crippen molar-refractivity contribution < 1.29 is 9.18 Å². The Morgan fingerprint density at radius 1 is 1.53 bits per heavy atom. The van der Waals surface area contributed by atoms with Crippen molar-refractivity contribution in [3.05, 3.63) is 35.1 Å². The third kappa shape index (κ3) is 2.76. The molecule has 1 aromatic carbocycles. The summed E-state index contributed by atoms with van der Waals surface area (Å²) >= 11 is 0. The van der Waals surface area contributed by atoms with Crippen LogP contribution in [0.2, 0.25) is 0 Å². The van der Waals surface area contributed by atoms with Crippen LogP contribution in [0.1, 0.15) is 15.9 Å². The lowest BCUT2D eigenvalue weighted by atomic mass is 10.1. The first-order valence-corrected chi connectivity index (χ1v) is 4.78. The molecule has 1 rings (SSSR count). The van der Waals surface area contributed by atoms with E-state index in [1.54, 1.807) is 26.1 Å². The van der Waals surface area contributed by atoms with E-state index in [2.05, 4.69) is 0 Å². The van der Waals surface area contributed by atoms with Gasteiger partial charge in [0.15, 0.2) is 0 Å². The van der Waals surface area contributed by atoms with Gasteiger partial charge in [-0.1, -0.05) is 6.07 Å². The van der Waals surface area contributed by atoms with E-state index in [9.17, 15) is 9.18 Å². The molecular weight excluding hydrogens is 195 g/mol. The minimum Gasteiger partial charge on any atom is -0.340 e. The van der Waals surface area contributed by atoms with Gasteiger partial charge >= 0.3 is 0 Å². The molecule has 0 aliphatic heterocycles. The summed E-state index contributed by atoms with van der Waals surface area (Å²) in [6, 6.07) is 4.47. The SMILES string of the molecule is Cc1ccc(C(=O)N(C)CCN)cc1F. The third-order valence-corrected chi connectivity index (χ3v) is 2.23. The summed E-state index contributed by atoms with van der Waals surface area (Å²) < 4.78 is 13.2. The maximum atomic E-state index is 13.2. The van der Waals surface area contributed by atoms with Crippen molar-refractivity contribution in [3.63, 3.8) is 0 Å². The largest absolute Gasteiger partial charge is 0.340 e. The molecule has 1 amide bonds. The van der Waals surface area contributed by atoms with Crippen LogP contribution in [-0.2, 0) is 0 Å². The van der Waals surface area contributed by atoms with E-state index in [4.69, 9.17) is 5.73 Å². The predicted octanol–water partition coefficient (Wildman–Crippen LogP) is 1.16. The number of rotatable bonds is 3. The smallest absolute Gasteiger partial charge is 0.253 e. The van der Waals surface area contributed by atoms with Crippen molar-refractivity contribution in [2.24, 2.45) is 5.73 Å². The number of hydrogen-bond donors (Lipinski definition) is 1. The Labute approximate surface area is 88.7 Å². The zero-order valence-electron chi connectivity index (χ0n) is 8.96. The normalized spacial score (nSPS) is 10.1. The predicted molar refractivity (Wildman–Crippen MR) is 57.2 cm³/mol. The van der Waals surface area contributed by atoms with Gasteiger partial charge in [-0.05, 0) is 24.6 Å². The van der Waals surface area contributed by atoms with Gasteiger partial charge in [-0.3, -0.25) is 4.79 Å². The minimum atomic E-state index is -0.359. The molecule has 0 saturated carbocycles. The first-order chi connectivity index (χ1) is 7.06. The first-order valence-electron chi connectivity index (χ1n) is 4.78. The number of carbonyl (C=O) groups excluding carboxylic acids is 1. The fraction of sp³-hybridized carbons (Fsp3) is 0.364. The van der Waals surface area contributed by atoms with Gasteiger partial charge in [0.05, 0.1) is 0 Å². The fourth-order valence-electron chi connectivity index (χ4n) is 1.24. The van der Waals surface area contributed by atoms with E-state index >= 15 is 0 Å². The van der Waals surface area contributed by atoms with Gasteiger partial charge in [-0.15, -0.1) is 0 Å². The Morgan fingerprint density at radius 2 is 2.20 bits per heavy atom. The Kier molecular flexibility index (Phi) is 3.80. The molecule has 0 atom stereocenters.